The van der Waals surface area contributed by atoms with E-state index in [4.69, 9.17) is 5.73 Å². The van der Waals surface area contributed by atoms with E-state index in [0.717, 1.165) is 37.1 Å². The van der Waals surface area contributed by atoms with Crippen LogP contribution in [-0.4, -0.2) is 33.5 Å². The summed E-state index contributed by atoms with van der Waals surface area (Å²) in [7, 11) is 0. The Morgan fingerprint density at radius 3 is 3.00 bits per heavy atom. The molecule has 3 N–H and O–H groups in total. The minimum Gasteiger partial charge on any atom is -0.368 e. The van der Waals surface area contributed by atoms with E-state index in [2.05, 4.69) is 15.3 Å². The normalized spacial score (nSPS) is 19.3. The largest absolute Gasteiger partial charge is 0.368 e. The first-order valence-electron chi connectivity index (χ1n) is 6.88. The van der Waals surface area contributed by atoms with Crippen LogP contribution < -0.4 is 11.1 Å². The van der Waals surface area contributed by atoms with Gasteiger partial charge in [0.15, 0.2) is 0 Å². The molecule has 2 aliphatic rings. The third kappa shape index (κ3) is 2.62. The molecule has 2 amide bonds. The summed E-state index contributed by atoms with van der Waals surface area (Å²) in [6, 6.07) is 0.374. The topological polar surface area (TPSA) is 84.1 Å². The predicted molar refractivity (Wildman–Crippen MR) is 71.3 cm³/mol. The summed E-state index contributed by atoms with van der Waals surface area (Å²) in [5, 5.41) is 3.11. The standard InChI is InChI=1S/C13H19N5O/c14-12-15-7-9-5-6-18(8-11(9)17-12)13(19)16-10-3-1-2-4-10/h7,10H,1-6,8H2,(H,16,19)(H2,14,15,17). The molecule has 0 atom stereocenters. The van der Waals surface area contributed by atoms with Crippen molar-refractivity contribution >= 4 is 12.0 Å². The highest BCUT2D eigenvalue weighted by atomic mass is 16.2. The molecule has 1 aliphatic heterocycles. The Morgan fingerprint density at radius 1 is 1.42 bits per heavy atom. The summed E-state index contributed by atoms with van der Waals surface area (Å²) >= 11 is 0. The van der Waals surface area contributed by atoms with Gasteiger partial charge in [0.1, 0.15) is 0 Å². The van der Waals surface area contributed by atoms with Gasteiger partial charge in [-0.15, -0.1) is 0 Å². The fraction of sp³-hybridized carbons (Fsp3) is 0.615. The van der Waals surface area contributed by atoms with Crippen LogP contribution in [0.2, 0.25) is 0 Å². The van der Waals surface area contributed by atoms with E-state index in [1.54, 1.807) is 6.20 Å². The Morgan fingerprint density at radius 2 is 2.21 bits per heavy atom. The molecule has 0 aromatic carbocycles. The number of amides is 2. The molecule has 1 fully saturated rings. The molecule has 0 spiro atoms. The van der Waals surface area contributed by atoms with Crippen molar-refractivity contribution in [3.63, 3.8) is 0 Å². The molecule has 1 aromatic rings. The van der Waals surface area contributed by atoms with Crippen LogP contribution in [0.15, 0.2) is 6.20 Å². The maximum atomic E-state index is 12.2. The third-order valence-corrected chi connectivity index (χ3v) is 3.93. The van der Waals surface area contributed by atoms with Crippen molar-refractivity contribution in [1.82, 2.24) is 20.2 Å². The van der Waals surface area contributed by atoms with Crippen LogP contribution >= 0.6 is 0 Å². The quantitative estimate of drug-likeness (QED) is 0.792. The average Bonchev–Trinajstić information content (AvgIpc) is 2.90. The van der Waals surface area contributed by atoms with Gasteiger partial charge >= 0.3 is 6.03 Å². The number of hydrogen-bond donors (Lipinski definition) is 2. The van der Waals surface area contributed by atoms with Gasteiger partial charge in [-0.25, -0.2) is 14.8 Å². The first-order valence-corrected chi connectivity index (χ1v) is 6.88. The van der Waals surface area contributed by atoms with Crippen LogP contribution in [0.5, 0.6) is 0 Å². The molecule has 0 radical (unpaired) electrons. The fourth-order valence-corrected chi connectivity index (χ4v) is 2.83. The fourth-order valence-electron chi connectivity index (χ4n) is 2.83. The average molecular weight is 261 g/mol. The zero-order valence-electron chi connectivity index (χ0n) is 10.9. The van der Waals surface area contributed by atoms with Crippen LogP contribution in [0.25, 0.3) is 0 Å². The van der Waals surface area contributed by atoms with E-state index in [1.807, 2.05) is 4.90 Å². The van der Waals surface area contributed by atoms with Gasteiger partial charge in [0.05, 0.1) is 12.2 Å². The molecule has 102 valence electrons. The third-order valence-electron chi connectivity index (χ3n) is 3.93. The second kappa shape index (κ2) is 5.03. The van der Waals surface area contributed by atoms with Crippen LogP contribution in [0.4, 0.5) is 10.7 Å². The Bertz CT molecular complexity index is 484. The number of nitrogens with one attached hydrogen (secondary N) is 1. The van der Waals surface area contributed by atoms with Crippen molar-refractivity contribution < 1.29 is 4.79 Å². The molecule has 0 unspecified atom stereocenters. The minimum atomic E-state index is 0.0229. The summed E-state index contributed by atoms with van der Waals surface area (Å²) in [5.74, 6) is 0.275. The summed E-state index contributed by atoms with van der Waals surface area (Å²) in [6.07, 6.45) is 7.21. The number of aromatic nitrogens is 2. The SMILES string of the molecule is Nc1ncc2c(n1)CN(C(=O)NC1CCCC1)CC2. The summed E-state index contributed by atoms with van der Waals surface area (Å²) in [4.78, 5) is 22.2. The summed E-state index contributed by atoms with van der Waals surface area (Å²) < 4.78 is 0. The van der Waals surface area contributed by atoms with Gasteiger partial charge in [-0.3, -0.25) is 0 Å². The highest BCUT2D eigenvalue weighted by Crippen LogP contribution is 2.20. The minimum absolute atomic E-state index is 0.0229. The van der Waals surface area contributed by atoms with Gasteiger partial charge in [0.2, 0.25) is 5.95 Å². The number of urea groups is 1. The maximum Gasteiger partial charge on any atom is 0.317 e. The molecule has 19 heavy (non-hydrogen) atoms. The van der Waals surface area contributed by atoms with Crippen molar-refractivity contribution in [2.75, 3.05) is 12.3 Å². The molecular formula is C13H19N5O. The van der Waals surface area contributed by atoms with E-state index in [-0.39, 0.29) is 12.0 Å². The number of nitrogen functional groups attached to an aromatic ring is 1. The van der Waals surface area contributed by atoms with Crippen LogP contribution in [0.1, 0.15) is 36.9 Å². The Balaban J connectivity index is 1.65. The number of nitrogens with two attached hydrogens (primary N) is 1. The van der Waals surface area contributed by atoms with Gasteiger partial charge in [-0.1, -0.05) is 12.8 Å². The lowest BCUT2D eigenvalue weighted by Gasteiger charge is -2.29. The second-order valence-electron chi connectivity index (χ2n) is 5.30. The number of carbonyl (C=O) groups excluding carboxylic acids is 1. The van der Waals surface area contributed by atoms with Crippen molar-refractivity contribution in [2.45, 2.75) is 44.7 Å². The number of anilines is 1. The predicted octanol–water partition coefficient (Wildman–Crippen LogP) is 1.07. The first kappa shape index (κ1) is 12.2. The lowest BCUT2D eigenvalue weighted by atomic mass is 10.1. The van der Waals surface area contributed by atoms with Gasteiger partial charge in [-0.05, 0) is 24.8 Å². The Labute approximate surface area is 112 Å². The molecule has 0 saturated heterocycles. The highest BCUT2D eigenvalue weighted by Gasteiger charge is 2.25. The van der Waals surface area contributed by atoms with E-state index in [9.17, 15) is 4.79 Å². The maximum absolute atomic E-state index is 12.2. The van der Waals surface area contributed by atoms with Gasteiger partial charge in [-0.2, -0.15) is 0 Å². The monoisotopic (exact) mass is 261 g/mol. The lowest BCUT2D eigenvalue weighted by molar-refractivity contribution is 0.187. The van der Waals surface area contributed by atoms with Crippen LogP contribution in [-0.2, 0) is 13.0 Å². The molecule has 2 heterocycles. The lowest BCUT2D eigenvalue weighted by Crippen LogP contribution is -2.46. The number of nitrogens with zero attached hydrogens (tertiary/aromatic N) is 3. The van der Waals surface area contributed by atoms with Gasteiger partial charge in [0, 0.05) is 18.8 Å². The van der Waals surface area contributed by atoms with Crippen molar-refractivity contribution in [1.29, 1.82) is 0 Å². The zero-order valence-corrected chi connectivity index (χ0v) is 10.9. The summed E-state index contributed by atoms with van der Waals surface area (Å²) in [6.45, 7) is 1.25. The van der Waals surface area contributed by atoms with Crippen molar-refractivity contribution in [2.24, 2.45) is 0 Å². The van der Waals surface area contributed by atoms with Gasteiger partial charge < -0.3 is 16.0 Å². The molecule has 1 saturated carbocycles. The molecule has 6 heteroatoms. The van der Waals surface area contributed by atoms with E-state index >= 15 is 0 Å². The first-order chi connectivity index (χ1) is 9.22. The van der Waals surface area contributed by atoms with Gasteiger partial charge in [0.25, 0.3) is 0 Å². The van der Waals surface area contributed by atoms with E-state index < -0.39 is 0 Å². The second-order valence-corrected chi connectivity index (χ2v) is 5.30. The van der Waals surface area contributed by atoms with Crippen molar-refractivity contribution in [3.05, 3.63) is 17.5 Å². The Kier molecular flexibility index (Phi) is 3.23. The number of fused-ring (bicyclic) bond motifs is 1. The molecule has 0 bridgehead atoms. The molecular weight excluding hydrogens is 242 g/mol. The molecule has 1 aliphatic carbocycles. The highest BCUT2D eigenvalue weighted by molar-refractivity contribution is 5.74. The number of hydrogen-bond acceptors (Lipinski definition) is 4. The number of carbonyl (C=O) groups is 1. The zero-order chi connectivity index (χ0) is 13.2. The summed E-state index contributed by atoms with van der Waals surface area (Å²) in [5.41, 5.74) is 7.57. The Hall–Kier alpha value is -1.85. The van der Waals surface area contributed by atoms with E-state index in [1.165, 1.54) is 12.8 Å². The molecule has 1 aromatic heterocycles. The van der Waals surface area contributed by atoms with Crippen molar-refractivity contribution in [3.8, 4) is 0 Å². The smallest absolute Gasteiger partial charge is 0.317 e. The van der Waals surface area contributed by atoms with Crippen LogP contribution in [0, 0.1) is 0 Å². The van der Waals surface area contributed by atoms with Crippen LogP contribution in [0.3, 0.4) is 0 Å². The molecule has 6 nitrogen and oxygen atoms in total. The number of rotatable bonds is 1. The van der Waals surface area contributed by atoms with E-state index in [0.29, 0.717) is 12.6 Å². The molecule has 3 rings (SSSR count).